The Balaban J connectivity index is 1.78. The minimum absolute atomic E-state index is 0.0886. The number of carboxylic acid groups (broad SMARTS) is 1. The molecule has 0 aliphatic heterocycles. The zero-order valence-corrected chi connectivity index (χ0v) is 24.6. The van der Waals surface area contributed by atoms with E-state index in [4.69, 9.17) is 9.84 Å². The second-order valence-electron chi connectivity index (χ2n) is 10.9. The molecule has 4 aromatic rings. The zero-order valence-electron chi connectivity index (χ0n) is 24.6. The van der Waals surface area contributed by atoms with Crippen LogP contribution in [0.3, 0.4) is 0 Å². The van der Waals surface area contributed by atoms with Gasteiger partial charge in [0.2, 0.25) is 0 Å². The van der Waals surface area contributed by atoms with Crippen molar-refractivity contribution in [3.63, 3.8) is 0 Å². The van der Waals surface area contributed by atoms with Gasteiger partial charge in [-0.25, -0.2) is 0 Å². The summed E-state index contributed by atoms with van der Waals surface area (Å²) in [4.78, 5) is 27.0. The van der Waals surface area contributed by atoms with Gasteiger partial charge in [-0.15, -0.1) is 0 Å². The molecule has 0 saturated carbocycles. The van der Waals surface area contributed by atoms with Crippen LogP contribution in [-0.4, -0.2) is 35.6 Å². The number of H-pyrrole nitrogens is 1. The lowest BCUT2D eigenvalue weighted by Crippen LogP contribution is -2.26. The summed E-state index contributed by atoms with van der Waals surface area (Å²) in [7, 11) is 1.69. The van der Waals surface area contributed by atoms with Gasteiger partial charge in [-0.2, -0.15) is 0 Å². The van der Waals surface area contributed by atoms with E-state index in [-0.39, 0.29) is 30.7 Å². The standard InChI is InChI=1S/C35H42N2O4/c1-5-7-9-24-20-23(3)34-30(21-24)31(22-37-34)33(26-14-16-28(41-4)17-15-26)29(8-6-2)25-10-12-27(13-11-25)35(40)36-19-18-32(38)39/h10-17,20-22,29,33,37H,5-9,18-19H2,1-4H3,(H,36,40)(H,38,39). The van der Waals surface area contributed by atoms with Crippen molar-refractivity contribution in [2.45, 2.75) is 71.1 Å². The number of carbonyl (C=O) groups is 2. The lowest BCUT2D eigenvalue weighted by molar-refractivity contribution is -0.136. The van der Waals surface area contributed by atoms with Crippen LogP contribution < -0.4 is 10.1 Å². The van der Waals surface area contributed by atoms with Crippen LogP contribution in [0.25, 0.3) is 10.9 Å². The van der Waals surface area contributed by atoms with Gasteiger partial charge < -0.3 is 20.1 Å². The summed E-state index contributed by atoms with van der Waals surface area (Å²) >= 11 is 0. The van der Waals surface area contributed by atoms with Crippen LogP contribution in [0, 0.1) is 6.92 Å². The van der Waals surface area contributed by atoms with Crippen LogP contribution in [0.5, 0.6) is 5.75 Å². The molecule has 3 aromatic carbocycles. The Bertz CT molecular complexity index is 1450. The normalized spacial score (nSPS) is 12.7. The minimum atomic E-state index is -0.933. The van der Waals surface area contributed by atoms with E-state index in [2.05, 4.69) is 73.7 Å². The first-order chi connectivity index (χ1) is 19.9. The molecule has 0 aliphatic rings. The van der Waals surface area contributed by atoms with Crippen molar-refractivity contribution in [1.82, 2.24) is 10.3 Å². The maximum Gasteiger partial charge on any atom is 0.305 e. The van der Waals surface area contributed by atoms with Gasteiger partial charge in [0.05, 0.1) is 13.5 Å². The fraction of sp³-hybridized carbons (Fsp3) is 0.371. The monoisotopic (exact) mass is 554 g/mol. The van der Waals surface area contributed by atoms with E-state index in [1.807, 2.05) is 24.3 Å². The number of carbonyl (C=O) groups excluding carboxylic acids is 1. The quantitative estimate of drug-likeness (QED) is 0.149. The van der Waals surface area contributed by atoms with Gasteiger partial charge in [0, 0.05) is 35.1 Å². The number of aromatic amines is 1. The van der Waals surface area contributed by atoms with Crippen LogP contribution in [-0.2, 0) is 11.2 Å². The van der Waals surface area contributed by atoms with Crippen LogP contribution >= 0.6 is 0 Å². The summed E-state index contributed by atoms with van der Waals surface area (Å²) < 4.78 is 5.47. The first-order valence-corrected chi connectivity index (χ1v) is 14.7. The SMILES string of the molecule is CCCCc1cc(C)c2[nH]cc(C(c3ccc(OC)cc3)C(CCC)c3ccc(C(=O)NCCC(=O)O)cc3)c2c1. The molecule has 0 spiro atoms. The number of unbranched alkanes of at least 4 members (excludes halogenated alkanes) is 1. The van der Waals surface area contributed by atoms with Crippen molar-refractivity contribution in [2.24, 2.45) is 0 Å². The number of ether oxygens (including phenoxy) is 1. The molecule has 6 heteroatoms. The number of amides is 1. The number of aromatic nitrogens is 1. The number of methoxy groups -OCH3 is 1. The van der Waals surface area contributed by atoms with Crippen molar-refractivity contribution in [3.8, 4) is 5.75 Å². The van der Waals surface area contributed by atoms with Gasteiger partial charge >= 0.3 is 5.97 Å². The van der Waals surface area contributed by atoms with Crippen LogP contribution in [0.4, 0.5) is 0 Å². The number of aliphatic carboxylic acids is 1. The summed E-state index contributed by atoms with van der Waals surface area (Å²) in [5.74, 6) is -0.0999. The lowest BCUT2D eigenvalue weighted by Gasteiger charge is -2.29. The fourth-order valence-electron chi connectivity index (χ4n) is 5.83. The first kappa shape index (κ1) is 29.9. The number of hydrogen-bond acceptors (Lipinski definition) is 3. The highest BCUT2D eigenvalue weighted by atomic mass is 16.5. The average molecular weight is 555 g/mol. The Morgan fingerprint density at radius 3 is 2.32 bits per heavy atom. The van der Waals surface area contributed by atoms with Crippen LogP contribution in [0.2, 0.25) is 0 Å². The van der Waals surface area contributed by atoms with Crippen molar-refractivity contribution in [1.29, 1.82) is 0 Å². The number of nitrogens with one attached hydrogen (secondary N) is 2. The van der Waals surface area contributed by atoms with E-state index < -0.39 is 5.97 Å². The molecule has 0 bridgehead atoms. The molecule has 2 unspecified atom stereocenters. The number of fused-ring (bicyclic) bond motifs is 1. The Labute approximate surface area is 243 Å². The van der Waals surface area contributed by atoms with Crippen LogP contribution in [0.1, 0.15) is 96.0 Å². The fourth-order valence-corrected chi connectivity index (χ4v) is 5.83. The topological polar surface area (TPSA) is 91.4 Å². The molecule has 1 heterocycles. The number of benzene rings is 3. The Morgan fingerprint density at radius 1 is 0.976 bits per heavy atom. The summed E-state index contributed by atoms with van der Waals surface area (Å²) in [6.45, 7) is 6.73. The Kier molecular flexibility index (Phi) is 10.2. The molecular formula is C35H42N2O4. The highest BCUT2D eigenvalue weighted by Crippen LogP contribution is 2.44. The largest absolute Gasteiger partial charge is 0.497 e. The van der Waals surface area contributed by atoms with E-state index in [9.17, 15) is 9.59 Å². The van der Waals surface area contributed by atoms with Gasteiger partial charge in [0.25, 0.3) is 5.91 Å². The van der Waals surface area contributed by atoms with E-state index in [1.54, 1.807) is 7.11 Å². The number of rotatable bonds is 14. The summed E-state index contributed by atoms with van der Waals surface area (Å²) in [6, 6.07) is 20.9. The first-order valence-electron chi connectivity index (χ1n) is 14.7. The highest BCUT2D eigenvalue weighted by molar-refractivity contribution is 5.94. The summed E-state index contributed by atoms with van der Waals surface area (Å²) in [5.41, 5.74) is 8.01. The van der Waals surface area contributed by atoms with Crippen molar-refractivity contribution in [2.75, 3.05) is 13.7 Å². The summed E-state index contributed by atoms with van der Waals surface area (Å²) in [5, 5.41) is 12.8. The minimum Gasteiger partial charge on any atom is -0.497 e. The molecule has 216 valence electrons. The van der Waals surface area contributed by atoms with E-state index in [0.717, 1.165) is 31.4 Å². The predicted octanol–water partition coefficient (Wildman–Crippen LogP) is 7.75. The molecule has 4 rings (SSSR count). The van der Waals surface area contributed by atoms with E-state index in [0.29, 0.717) is 5.56 Å². The van der Waals surface area contributed by atoms with Crippen molar-refractivity contribution >= 4 is 22.8 Å². The molecule has 3 N–H and O–H groups in total. The van der Waals surface area contributed by atoms with Crippen molar-refractivity contribution < 1.29 is 19.4 Å². The third-order valence-electron chi connectivity index (χ3n) is 7.93. The molecule has 41 heavy (non-hydrogen) atoms. The van der Waals surface area contributed by atoms with E-state index in [1.165, 1.54) is 45.1 Å². The molecule has 6 nitrogen and oxygen atoms in total. The van der Waals surface area contributed by atoms with Gasteiger partial charge in [-0.05, 0) is 90.3 Å². The van der Waals surface area contributed by atoms with E-state index >= 15 is 0 Å². The molecule has 1 aromatic heterocycles. The molecule has 0 fully saturated rings. The maximum absolute atomic E-state index is 12.6. The Hall–Kier alpha value is -4.06. The number of carboxylic acids is 1. The molecular weight excluding hydrogens is 512 g/mol. The number of aryl methyl sites for hydroxylation is 2. The third-order valence-corrected chi connectivity index (χ3v) is 7.93. The maximum atomic E-state index is 12.6. The van der Waals surface area contributed by atoms with Gasteiger partial charge in [-0.3, -0.25) is 9.59 Å². The van der Waals surface area contributed by atoms with Gasteiger partial charge in [0.15, 0.2) is 0 Å². The zero-order chi connectivity index (χ0) is 29.4. The number of hydrogen-bond donors (Lipinski definition) is 3. The second-order valence-corrected chi connectivity index (χ2v) is 10.9. The highest BCUT2D eigenvalue weighted by Gasteiger charge is 2.29. The predicted molar refractivity (Wildman–Crippen MR) is 165 cm³/mol. The van der Waals surface area contributed by atoms with Gasteiger partial charge in [0.1, 0.15) is 5.75 Å². The Morgan fingerprint density at radius 2 is 1.68 bits per heavy atom. The molecule has 0 saturated heterocycles. The van der Waals surface area contributed by atoms with Crippen molar-refractivity contribution in [3.05, 3.63) is 100 Å². The smallest absolute Gasteiger partial charge is 0.305 e. The lowest BCUT2D eigenvalue weighted by atomic mass is 9.74. The summed E-state index contributed by atoms with van der Waals surface area (Å²) in [6.07, 6.45) is 7.47. The molecule has 0 radical (unpaired) electrons. The molecule has 1 amide bonds. The second kappa shape index (κ2) is 14.0. The molecule has 0 aliphatic carbocycles. The average Bonchev–Trinajstić information content (AvgIpc) is 3.40. The van der Waals surface area contributed by atoms with Crippen LogP contribution in [0.15, 0.2) is 66.9 Å². The third kappa shape index (κ3) is 7.18. The van der Waals surface area contributed by atoms with Gasteiger partial charge in [-0.1, -0.05) is 57.0 Å². The molecule has 2 atom stereocenters.